The molecule has 0 spiro atoms. The number of hydrogen-bond donors (Lipinski definition) is 3. The van der Waals surface area contributed by atoms with E-state index in [2.05, 4.69) is 37.2 Å². The fraction of sp³-hybridized carbons (Fsp3) is 0. The van der Waals surface area contributed by atoms with Crippen molar-refractivity contribution in [1.82, 2.24) is 0 Å². The van der Waals surface area contributed by atoms with Gasteiger partial charge in [0.1, 0.15) is 5.75 Å². The van der Waals surface area contributed by atoms with E-state index in [9.17, 15) is 9.90 Å². The number of benzene rings is 2. The summed E-state index contributed by atoms with van der Waals surface area (Å²) in [5, 5.41) is 12.0. The fourth-order valence-corrected chi connectivity index (χ4v) is 2.31. The van der Waals surface area contributed by atoms with Crippen molar-refractivity contribution in [3.63, 3.8) is 0 Å². The number of nitrogen functional groups attached to an aromatic ring is 1. The normalized spacial score (nSPS) is 10.2. The van der Waals surface area contributed by atoms with Gasteiger partial charge in [-0.3, -0.25) is 4.79 Å². The van der Waals surface area contributed by atoms with E-state index in [1.165, 1.54) is 12.1 Å². The molecule has 98 valence electrons. The van der Waals surface area contributed by atoms with Crippen LogP contribution in [0.15, 0.2) is 45.3 Å². The van der Waals surface area contributed by atoms with Crippen LogP contribution in [0.5, 0.6) is 5.75 Å². The van der Waals surface area contributed by atoms with Crippen LogP contribution < -0.4 is 11.1 Å². The van der Waals surface area contributed by atoms with Crippen LogP contribution in [0, 0.1) is 0 Å². The third-order valence-electron chi connectivity index (χ3n) is 2.46. The Morgan fingerprint density at radius 1 is 1.16 bits per heavy atom. The number of carbonyl (C=O) groups excluding carboxylic acids is 1. The third kappa shape index (κ3) is 3.27. The van der Waals surface area contributed by atoms with Crippen molar-refractivity contribution in [2.75, 3.05) is 11.1 Å². The molecular formula is C13H10Br2N2O2. The summed E-state index contributed by atoms with van der Waals surface area (Å²) in [5.41, 5.74) is 6.97. The first-order chi connectivity index (χ1) is 8.97. The summed E-state index contributed by atoms with van der Waals surface area (Å²) in [5.74, 6) is -0.232. The van der Waals surface area contributed by atoms with Gasteiger partial charge < -0.3 is 16.2 Å². The molecule has 2 rings (SSSR count). The van der Waals surface area contributed by atoms with Crippen LogP contribution >= 0.6 is 31.9 Å². The van der Waals surface area contributed by atoms with Crippen molar-refractivity contribution >= 4 is 49.1 Å². The molecule has 0 aliphatic heterocycles. The van der Waals surface area contributed by atoms with Gasteiger partial charge in [-0.2, -0.15) is 0 Å². The summed E-state index contributed by atoms with van der Waals surface area (Å²) in [6, 6.07) is 9.70. The smallest absolute Gasteiger partial charge is 0.256 e. The molecule has 0 aliphatic carbocycles. The average molecular weight is 386 g/mol. The second-order valence-corrected chi connectivity index (χ2v) is 5.62. The van der Waals surface area contributed by atoms with Crippen LogP contribution in [-0.2, 0) is 0 Å². The monoisotopic (exact) mass is 384 g/mol. The molecule has 0 atom stereocenters. The fourth-order valence-electron chi connectivity index (χ4n) is 1.53. The van der Waals surface area contributed by atoms with Gasteiger partial charge in [0.15, 0.2) is 0 Å². The molecule has 19 heavy (non-hydrogen) atoms. The van der Waals surface area contributed by atoms with Gasteiger partial charge in [0.25, 0.3) is 5.91 Å². The predicted molar refractivity (Wildman–Crippen MR) is 82.3 cm³/mol. The molecule has 0 fully saturated rings. The van der Waals surface area contributed by atoms with Gasteiger partial charge in [-0.25, -0.2) is 0 Å². The van der Waals surface area contributed by atoms with E-state index in [0.29, 0.717) is 21.4 Å². The lowest BCUT2D eigenvalue weighted by Gasteiger charge is -2.10. The lowest BCUT2D eigenvalue weighted by Crippen LogP contribution is -2.13. The SMILES string of the molecule is Nc1cc(O)ccc1NC(=O)c1cc(Br)ccc1Br. The number of hydrogen-bond acceptors (Lipinski definition) is 3. The molecule has 0 aliphatic rings. The predicted octanol–water partition coefficient (Wildman–Crippen LogP) is 3.75. The molecule has 0 saturated carbocycles. The van der Waals surface area contributed by atoms with E-state index >= 15 is 0 Å². The molecule has 2 aromatic carbocycles. The van der Waals surface area contributed by atoms with Gasteiger partial charge in [-0.05, 0) is 46.3 Å². The van der Waals surface area contributed by atoms with Gasteiger partial charge >= 0.3 is 0 Å². The molecule has 4 N–H and O–H groups in total. The molecule has 0 bridgehead atoms. The Morgan fingerprint density at radius 3 is 2.58 bits per heavy atom. The molecule has 0 radical (unpaired) electrons. The van der Waals surface area contributed by atoms with E-state index in [1.54, 1.807) is 18.2 Å². The first-order valence-corrected chi connectivity index (χ1v) is 6.91. The zero-order chi connectivity index (χ0) is 14.0. The minimum Gasteiger partial charge on any atom is -0.508 e. The van der Waals surface area contributed by atoms with Crippen molar-refractivity contribution in [3.05, 3.63) is 50.9 Å². The van der Waals surface area contributed by atoms with E-state index in [0.717, 1.165) is 4.47 Å². The van der Waals surface area contributed by atoms with Gasteiger partial charge in [-0.15, -0.1) is 0 Å². The second kappa shape index (κ2) is 5.63. The quantitative estimate of drug-likeness (QED) is 0.544. The van der Waals surface area contributed by atoms with Crippen LogP contribution in [0.3, 0.4) is 0 Å². The number of rotatable bonds is 2. The number of phenolic OH excluding ortho intramolecular Hbond substituents is 1. The highest BCUT2D eigenvalue weighted by molar-refractivity contribution is 9.11. The molecular weight excluding hydrogens is 376 g/mol. The Balaban J connectivity index is 2.28. The van der Waals surface area contributed by atoms with E-state index in [4.69, 9.17) is 5.73 Å². The highest BCUT2D eigenvalue weighted by Crippen LogP contribution is 2.26. The molecule has 1 amide bonds. The summed E-state index contributed by atoms with van der Waals surface area (Å²) >= 11 is 6.64. The largest absolute Gasteiger partial charge is 0.508 e. The summed E-state index contributed by atoms with van der Waals surface area (Å²) in [6.45, 7) is 0. The Morgan fingerprint density at radius 2 is 1.89 bits per heavy atom. The standard InChI is InChI=1S/C13H10Br2N2O2/c14-7-1-3-10(15)9(5-7)13(19)17-12-4-2-8(18)6-11(12)16/h1-6,18H,16H2,(H,17,19). The maximum absolute atomic E-state index is 12.1. The highest BCUT2D eigenvalue weighted by atomic mass is 79.9. The summed E-state index contributed by atoms with van der Waals surface area (Å²) in [6.07, 6.45) is 0. The Labute approximate surface area is 126 Å². The minimum absolute atomic E-state index is 0.0548. The molecule has 0 unspecified atom stereocenters. The molecule has 0 aromatic heterocycles. The number of anilines is 2. The van der Waals surface area contributed by atoms with Crippen molar-refractivity contribution in [3.8, 4) is 5.75 Å². The van der Waals surface area contributed by atoms with E-state index in [1.807, 2.05) is 6.07 Å². The van der Waals surface area contributed by atoms with Crippen LogP contribution in [-0.4, -0.2) is 11.0 Å². The summed E-state index contributed by atoms with van der Waals surface area (Å²) in [4.78, 5) is 12.1. The Kier molecular flexibility index (Phi) is 4.11. The number of carbonyl (C=O) groups is 1. The topological polar surface area (TPSA) is 75.3 Å². The first kappa shape index (κ1) is 13.9. The van der Waals surface area contributed by atoms with Crippen LogP contribution in [0.25, 0.3) is 0 Å². The number of nitrogens with one attached hydrogen (secondary N) is 1. The van der Waals surface area contributed by atoms with Crippen LogP contribution in [0.4, 0.5) is 11.4 Å². The average Bonchev–Trinajstić information content (AvgIpc) is 2.35. The van der Waals surface area contributed by atoms with E-state index < -0.39 is 0 Å². The Hall–Kier alpha value is -1.53. The van der Waals surface area contributed by atoms with Crippen LogP contribution in [0.1, 0.15) is 10.4 Å². The number of amides is 1. The zero-order valence-electron chi connectivity index (χ0n) is 9.65. The van der Waals surface area contributed by atoms with E-state index in [-0.39, 0.29) is 11.7 Å². The van der Waals surface area contributed by atoms with Crippen molar-refractivity contribution in [1.29, 1.82) is 0 Å². The maximum Gasteiger partial charge on any atom is 0.256 e. The summed E-state index contributed by atoms with van der Waals surface area (Å²) < 4.78 is 1.49. The summed E-state index contributed by atoms with van der Waals surface area (Å²) in [7, 11) is 0. The number of phenols is 1. The Bertz CT molecular complexity index is 645. The van der Waals surface area contributed by atoms with Gasteiger partial charge in [0.2, 0.25) is 0 Å². The number of nitrogens with two attached hydrogens (primary N) is 1. The van der Waals surface area contributed by atoms with Gasteiger partial charge in [-0.1, -0.05) is 15.9 Å². The highest BCUT2D eigenvalue weighted by Gasteiger charge is 2.12. The maximum atomic E-state index is 12.1. The molecule has 4 nitrogen and oxygen atoms in total. The lowest BCUT2D eigenvalue weighted by atomic mass is 10.2. The zero-order valence-corrected chi connectivity index (χ0v) is 12.8. The van der Waals surface area contributed by atoms with Crippen molar-refractivity contribution in [2.45, 2.75) is 0 Å². The molecule has 0 heterocycles. The van der Waals surface area contributed by atoms with Crippen molar-refractivity contribution < 1.29 is 9.90 Å². The third-order valence-corrected chi connectivity index (χ3v) is 3.64. The van der Waals surface area contributed by atoms with Gasteiger partial charge in [0.05, 0.1) is 16.9 Å². The number of aromatic hydroxyl groups is 1. The van der Waals surface area contributed by atoms with Crippen molar-refractivity contribution in [2.24, 2.45) is 0 Å². The molecule has 2 aromatic rings. The number of halogens is 2. The lowest BCUT2D eigenvalue weighted by molar-refractivity contribution is 0.102. The molecule has 6 heteroatoms. The van der Waals surface area contributed by atoms with Gasteiger partial charge in [0, 0.05) is 15.0 Å². The first-order valence-electron chi connectivity index (χ1n) is 5.32. The molecule has 0 saturated heterocycles. The second-order valence-electron chi connectivity index (χ2n) is 3.85. The van der Waals surface area contributed by atoms with Crippen LogP contribution in [0.2, 0.25) is 0 Å². The minimum atomic E-state index is -0.287.